The van der Waals surface area contributed by atoms with Crippen molar-refractivity contribution in [1.82, 2.24) is 9.80 Å². The molecule has 2 aromatic rings. The number of nitrogens with zero attached hydrogens (tertiary/aromatic N) is 2. The molecule has 1 atom stereocenters. The predicted molar refractivity (Wildman–Crippen MR) is 145 cm³/mol. The number of likely N-dealkylation sites (tertiary alicyclic amines) is 1. The monoisotopic (exact) mass is 522 g/mol. The summed E-state index contributed by atoms with van der Waals surface area (Å²) in [6.07, 6.45) is 2.01. The number of ether oxygens (including phenoxy) is 3. The summed E-state index contributed by atoms with van der Waals surface area (Å²) in [5.41, 5.74) is 2.11. The molecular weight excluding hydrogens is 484 g/mol. The van der Waals surface area contributed by atoms with Crippen molar-refractivity contribution in [1.29, 1.82) is 0 Å². The fourth-order valence-corrected chi connectivity index (χ4v) is 4.92. The van der Waals surface area contributed by atoms with Gasteiger partial charge in [-0.15, -0.1) is 0 Å². The summed E-state index contributed by atoms with van der Waals surface area (Å²) < 4.78 is 16.8. The Labute approximate surface area is 224 Å². The van der Waals surface area contributed by atoms with E-state index >= 15 is 0 Å². The quantitative estimate of drug-likeness (QED) is 0.203. The zero-order valence-corrected chi connectivity index (χ0v) is 22.6. The van der Waals surface area contributed by atoms with E-state index in [2.05, 4.69) is 11.8 Å². The van der Waals surface area contributed by atoms with Gasteiger partial charge in [-0.3, -0.25) is 14.5 Å². The summed E-state index contributed by atoms with van der Waals surface area (Å²) in [7, 11) is 0. The number of ketones is 1. The molecule has 0 radical (unpaired) electrons. The average molecular weight is 523 g/mol. The molecule has 2 aliphatic heterocycles. The first-order valence-electron chi connectivity index (χ1n) is 13.5. The summed E-state index contributed by atoms with van der Waals surface area (Å²) in [5, 5.41) is 11.5. The van der Waals surface area contributed by atoms with E-state index in [0.717, 1.165) is 42.8 Å². The van der Waals surface area contributed by atoms with Gasteiger partial charge in [-0.05, 0) is 61.7 Å². The van der Waals surface area contributed by atoms with E-state index in [1.54, 1.807) is 17.0 Å². The molecule has 2 saturated heterocycles. The third-order valence-corrected chi connectivity index (χ3v) is 7.03. The Morgan fingerprint density at radius 3 is 2.37 bits per heavy atom. The Morgan fingerprint density at radius 1 is 1.00 bits per heavy atom. The number of carbonyl (C=O) groups is 2. The Balaban J connectivity index is 1.70. The fraction of sp³-hybridized carbons (Fsp3) is 0.467. The van der Waals surface area contributed by atoms with Crippen LogP contribution in [0.1, 0.15) is 49.4 Å². The Kier molecular flexibility index (Phi) is 9.42. The molecule has 0 aliphatic carbocycles. The molecule has 8 nitrogen and oxygen atoms in total. The lowest BCUT2D eigenvalue weighted by atomic mass is 9.94. The number of carbonyl (C=O) groups excluding carboxylic acids is 2. The van der Waals surface area contributed by atoms with Crippen molar-refractivity contribution in [2.24, 2.45) is 0 Å². The molecule has 0 aromatic heterocycles. The Bertz CT molecular complexity index is 1150. The largest absolute Gasteiger partial charge is 0.507 e. The first kappa shape index (κ1) is 27.7. The highest BCUT2D eigenvalue weighted by molar-refractivity contribution is 6.46. The predicted octanol–water partition coefficient (Wildman–Crippen LogP) is 4.33. The van der Waals surface area contributed by atoms with Crippen LogP contribution in [0.25, 0.3) is 5.76 Å². The molecule has 4 rings (SSSR count). The van der Waals surface area contributed by atoms with Crippen LogP contribution in [-0.2, 0) is 14.3 Å². The van der Waals surface area contributed by atoms with E-state index in [9.17, 15) is 14.7 Å². The van der Waals surface area contributed by atoms with Crippen LogP contribution in [0.15, 0.2) is 48.0 Å². The lowest BCUT2D eigenvalue weighted by Gasteiger charge is -2.31. The number of aliphatic hydroxyl groups is 1. The van der Waals surface area contributed by atoms with E-state index < -0.39 is 17.7 Å². The minimum absolute atomic E-state index is 0.101. The van der Waals surface area contributed by atoms with Crippen molar-refractivity contribution in [3.63, 3.8) is 0 Å². The molecular formula is C30H38N2O6. The van der Waals surface area contributed by atoms with E-state index in [0.29, 0.717) is 50.8 Å². The highest BCUT2D eigenvalue weighted by Gasteiger charge is 2.46. The Hall–Kier alpha value is -3.36. The number of amides is 1. The van der Waals surface area contributed by atoms with Crippen molar-refractivity contribution in [2.45, 2.75) is 39.7 Å². The van der Waals surface area contributed by atoms with Crippen LogP contribution in [0.5, 0.6) is 11.5 Å². The van der Waals surface area contributed by atoms with E-state index in [1.807, 2.05) is 44.2 Å². The lowest BCUT2D eigenvalue weighted by Crippen LogP contribution is -2.42. The number of Topliss-reactive ketones (excluding diaryl/α,β-unsaturated/α-hetero) is 1. The van der Waals surface area contributed by atoms with Crippen molar-refractivity contribution >= 4 is 17.4 Å². The number of unbranched alkanes of at least 4 members (excludes halogenated alkanes) is 1. The van der Waals surface area contributed by atoms with Crippen LogP contribution in [0, 0.1) is 6.92 Å². The van der Waals surface area contributed by atoms with E-state index in [-0.39, 0.29) is 11.3 Å². The minimum atomic E-state index is -0.702. The van der Waals surface area contributed by atoms with Crippen molar-refractivity contribution in [3.8, 4) is 11.5 Å². The van der Waals surface area contributed by atoms with Crippen molar-refractivity contribution in [2.75, 3.05) is 52.6 Å². The highest BCUT2D eigenvalue weighted by Crippen LogP contribution is 2.40. The molecule has 2 heterocycles. The molecule has 0 spiro atoms. The summed E-state index contributed by atoms with van der Waals surface area (Å²) in [4.78, 5) is 30.5. The zero-order valence-electron chi connectivity index (χ0n) is 22.6. The number of aryl methyl sites for hydroxylation is 1. The lowest BCUT2D eigenvalue weighted by molar-refractivity contribution is -0.140. The smallest absolute Gasteiger partial charge is 0.295 e. The molecule has 0 saturated carbocycles. The third-order valence-electron chi connectivity index (χ3n) is 7.03. The van der Waals surface area contributed by atoms with Gasteiger partial charge in [0.05, 0.1) is 38.0 Å². The maximum absolute atomic E-state index is 13.4. The maximum Gasteiger partial charge on any atom is 0.295 e. The molecule has 2 fully saturated rings. The second kappa shape index (κ2) is 12.9. The Morgan fingerprint density at radius 2 is 1.71 bits per heavy atom. The third kappa shape index (κ3) is 6.19. The number of aliphatic hydroxyl groups excluding tert-OH is 1. The molecule has 2 aliphatic rings. The number of hydrogen-bond donors (Lipinski definition) is 1. The van der Waals surface area contributed by atoms with Gasteiger partial charge in [-0.25, -0.2) is 0 Å². The van der Waals surface area contributed by atoms with Gasteiger partial charge in [-0.1, -0.05) is 25.5 Å². The van der Waals surface area contributed by atoms with Gasteiger partial charge in [0.2, 0.25) is 0 Å². The molecule has 38 heavy (non-hydrogen) atoms. The van der Waals surface area contributed by atoms with Crippen molar-refractivity contribution in [3.05, 3.63) is 64.7 Å². The second-order valence-corrected chi connectivity index (χ2v) is 9.63. The highest BCUT2D eigenvalue weighted by atomic mass is 16.5. The normalized spacial score (nSPS) is 19.7. The van der Waals surface area contributed by atoms with Gasteiger partial charge in [-0.2, -0.15) is 0 Å². The topological polar surface area (TPSA) is 88.5 Å². The molecule has 2 aromatic carbocycles. The molecule has 1 amide bonds. The zero-order chi connectivity index (χ0) is 27.1. The average Bonchev–Trinajstić information content (AvgIpc) is 3.18. The van der Waals surface area contributed by atoms with Crippen LogP contribution in [0.3, 0.4) is 0 Å². The van der Waals surface area contributed by atoms with E-state index in [1.165, 1.54) is 0 Å². The van der Waals surface area contributed by atoms with Gasteiger partial charge in [0.25, 0.3) is 11.7 Å². The van der Waals surface area contributed by atoms with Gasteiger partial charge in [0, 0.05) is 31.7 Å². The van der Waals surface area contributed by atoms with Crippen LogP contribution in [0.4, 0.5) is 0 Å². The number of hydrogen-bond acceptors (Lipinski definition) is 7. The van der Waals surface area contributed by atoms with Gasteiger partial charge in [0.15, 0.2) is 0 Å². The molecule has 0 bridgehead atoms. The first-order chi connectivity index (χ1) is 18.4. The van der Waals surface area contributed by atoms with Gasteiger partial charge in [0.1, 0.15) is 17.3 Å². The van der Waals surface area contributed by atoms with Crippen LogP contribution < -0.4 is 9.47 Å². The van der Waals surface area contributed by atoms with E-state index in [4.69, 9.17) is 14.2 Å². The summed E-state index contributed by atoms with van der Waals surface area (Å²) >= 11 is 0. The number of rotatable bonds is 11. The SMILES string of the molecule is CCCCOc1ccc(C2C(=C(O)c3ccc(OCC)cc3C)C(=O)C(=O)N2CCN2CCOCC2)cc1. The second-order valence-electron chi connectivity index (χ2n) is 9.63. The molecule has 204 valence electrons. The molecule has 8 heteroatoms. The van der Waals surface area contributed by atoms with Gasteiger partial charge < -0.3 is 24.2 Å². The standard InChI is InChI=1S/C30H38N2O6/c1-4-6-17-38-23-9-7-22(8-10-23)27-26(28(33)25-12-11-24(37-5-2)20-21(25)3)29(34)30(35)32(27)14-13-31-15-18-36-19-16-31/h7-12,20,27,33H,4-6,13-19H2,1-3H3. The fourth-order valence-electron chi connectivity index (χ4n) is 4.92. The summed E-state index contributed by atoms with van der Waals surface area (Å²) in [5.74, 6) is -0.0358. The maximum atomic E-state index is 13.4. The number of benzene rings is 2. The van der Waals surface area contributed by atoms with Crippen molar-refractivity contribution < 1.29 is 28.9 Å². The molecule has 1 N–H and O–H groups in total. The summed E-state index contributed by atoms with van der Waals surface area (Å²) in [6.45, 7) is 10.9. The summed E-state index contributed by atoms with van der Waals surface area (Å²) in [6, 6.07) is 12.1. The van der Waals surface area contributed by atoms with Crippen LogP contribution in [-0.4, -0.2) is 79.2 Å². The van der Waals surface area contributed by atoms with Crippen LogP contribution >= 0.6 is 0 Å². The first-order valence-corrected chi connectivity index (χ1v) is 13.5. The minimum Gasteiger partial charge on any atom is -0.507 e. The van der Waals surface area contributed by atoms with Gasteiger partial charge >= 0.3 is 0 Å². The molecule has 1 unspecified atom stereocenters. The number of morpholine rings is 1. The van der Waals surface area contributed by atoms with Crippen LogP contribution in [0.2, 0.25) is 0 Å².